The third-order valence-electron chi connectivity index (χ3n) is 3.11. The number of rotatable bonds is 6. The first-order valence-electron chi connectivity index (χ1n) is 6.58. The van der Waals surface area contributed by atoms with Gasteiger partial charge in [0.2, 0.25) is 0 Å². The number of ether oxygens (including phenoxy) is 1. The molecule has 1 unspecified atom stereocenters. The summed E-state index contributed by atoms with van der Waals surface area (Å²) in [6.45, 7) is 2.97. The lowest BCUT2D eigenvalue weighted by Gasteiger charge is -2.20. The number of hydrogen-bond acceptors (Lipinski definition) is 3. The summed E-state index contributed by atoms with van der Waals surface area (Å²) in [4.78, 5) is 0. The molecule has 0 spiro atoms. The monoisotopic (exact) mass is 363 g/mol. The lowest BCUT2D eigenvalue weighted by Crippen LogP contribution is -2.23. The summed E-state index contributed by atoms with van der Waals surface area (Å²) in [6.07, 6.45) is 1.01. The third kappa shape index (κ3) is 4.05. The van der Waals surface area contributed by atoms with E-state index in [4.69, 9.17) is 39.5 Å². The highest BCUT2D eigenvalue weighted by Crippen LogP contribution is 2.39. The van der Waals surface area contributed by atoms with E-state index in [0.29, 0.717) is 13.7 Å². The Morgan fingerprint density at radius 2 is 1.95 bits per heavy atom. The van der Waals surface area contributed by atoms with Crippen LogP contribution in [0.2, 0.25) is 13.7 Å². The molecule has 2 rings (SSSR count). The van der Waals surface area contributed by atoms with Crippen molar-refractivity contribution in [2.75, 3.05) is 13.7 Å². The van der Waals surface area contributed by atoms with E-state index in [0.717, 1.165) is 29.8 Å². The average molecular weight is 365 g/mol. The van der Waals surface area contributed by atoms with Gasteiger partial charge in [0, 0.05) is 10.6 Å². The molecule has 0 aliphatic carbocycles. The molecule has 0 bridgehead atoms. The van der Waals surface area contributed by atoms with Gasteiger partial charge in [0.25, 0.3) is 0 Å². The van der Waals surface area contributed by atoms with Gasteiger partial charge >= 0.3 is 0 Å². The quantitative estimate of drug-likeness (QED) is 0.698. The predicted octanol–water partition coefficient (Wildman–Crippen LogP) is 5.81. The number of methoxy groups -OCH3 is 1. The summed E-state index contributed by atoms with van der Waals surface area (Å²) < 4.78 is 6.54. The van der Waals surface area contributed by atoms with E-state index in [1.54, 1.807) is 13.2 Å². The summed E-state index contributed by atoms with van der Waals surface area (Å²) in [5.41, 5.74) is 1.91. The van der Waals surface area contributed by atoms with Gasteiger partial charge in [-0.3, -0.25) is 0 Å². The van der Waals surface area contributed by atoms with Gasteiger partial charge in [0.1, 0.15) is 5.75 Å². The highest BCUT2D eigenvalue weighted by atomic mass is 35.5. The molecular formula is C15H16Cl3NOS. The second-order valence-corrected chi connectivity index (χ2v) is 7.25. The Labute approximate surface area is 144 Å². The number of halogens is 3. The standard InChI is InChI=1S/C15H16Cl3NOS/c1-3-6-19-14(11-8-13(17)21-15(11)18)10-5-4-9(20-2)7-12(10)16/h4-5,7-8,14,19H,3,6H2,1-2H3. The SMILES string of the molecule is CCCNC(c1ccc(OC)cc1Cl)c1cc(Cl)sc1Cl. The maximum Gasteiger partial charge on any atom is 0.120 e. The third-order valence-corrected chi connectivity index (χ3v) is 4.96. The second-order valence-electron chi connectivity index (χ2n) is 4.55. The van der Waals surface area contributed by atoms with Gasteiger partial charge in [-0.2, -0.15) is 0 Å². The van der Waals surface area contributed by atoms with Crippen LogP contribution >= 0.6 is 46.1 Å². The van der Waals surface area contributed by atoms with E-state index in [-0.39, 0.29) is 6.04 Å². The Morgan fingerprint density at radius 3 is 2.48 bits per heavy atom. The molecule has 0 amide bonds. The van der Waals surface area contributed by atoms with Crippen LogP contribution in [0.25, 0.3) is 0 Å². The van der Waals surface area contributed by atoms with Crippen LogP contribution in [0.4, 0.5) is 0 Å². The van der Waals surface area contributed by atoms with E-state index in [1.165, 1.54) is 11.3 Å². The molecular weight excluding hydrogens is 349 g/mol. The van der Waals surface area contributed by atoms with Crippen LogP contribution in [-0.4, -0.2) is 13.7 Å². The topological polar surface area (TPSA) is 21.3 Å². The fraction of sp³-hybridized carbons (Fsp3) is 0.333. The zero-order chi connectivity index (χ0) is 15.4. The van der Waals surface area contributed by atoms with E-state index in [9.17, 15) is 0 Å². The van der Waals surface area contributed by atoms with Crippen LogP contribution in [0.5, 0.6) is 5.75 Å². The predicted molar refractivity (Wildman–Crippen MR) is 92.5 cm³/mol. The number of hydrogen-bond donors (Lipinski definition) is 1. The Hall–Kier alpha value is -0.450. The van der Waals surface area contributed by atoms with Gasteiger partial charge in [-0.05, 0) is 36.7 Å². The highest BCUT2D eigenvalue weighted by molar-refractivity contribution is 7.20. The molecule has 21 heavy (non-hydrogen) atoms. The zero-order valence-electron chi connectivity index (χ0n) is 11.8. The van der Waals surface area contributed by atoms with Crippen molar-refractivity contribution < 1.29 is 4.74 Å². The maximum atomic E-state index is 6.40. The van der Waals surface area contributed by atoms with Crippen LogP contribution in [0, 0.1) is 0 Å². The molecule has 1 aromatic heterocycles. The molecule has 0 radical (unpaired) electrons. The summed E-state index contributed by atoms with van der Waals surface area (Å²) >= 11 is 20.1. The molecule has 6 heteroatoms. The smallest absolute Gasteiger partial charge is 0.120 e. The van der Waals surface area contributed by atoms with Crippen molar-refractivity contribution in [2.45, 2.75) is 19.4 Å². The average Bonchev–Trinajstić information content (AvgIpc) is 2.79. The molecule has 0 aliphatic heterocycles. The minimum Gasteiger partial charge on any atom is -0.497 e. The molecule has 0 saturated carbocycles. The van der Waals surface area contributed by atoms with Crippen molar-refractivity contribution in [3.63, 3.8) is 0 Å². The fourth-order valence-electron chi connectivity index (χ4n) is 2.09. The van der Waals surface area contributed by atoms with E-state index in [2.05, 4.69) is 12.2 Å². The van der Waals surface area contributed by atoms with Crippen molar-refractivity contribution in [2.24, 2.45) is 0 Å². The van der Waals surface area contributed by atoms with Crippen LogP contribution in [0.3, 0.4) is 0 Å². The molecule has 1 atom stereocenters. The van der Waals surface area contributed by atoms with Crippen LogP contribution in [0.1, 0.15) is 30.5 Å². The first-order valence-corrected chi connectivity index (χ1v) is 8.53. The molecule has 2 nitrogen and oxygen atoms in total. The summed E-state index contributed by atoms with van der Waals surface area (Å²) in [5.74, 6) is 0.729. The van der Waals surface area contributed by atoms with Gasteiger partial charge in [-0.25, -0.2) is 0 Å². The maximum absolute atomic E-state index is 6.40. The highest BCUT2D eigenvalue weighted by Gasteiger charge is 2.21. The Balaban J connectivity index is 2.42. The fourth-order valence-corrected chi connectivity index (χ4v) is 3.91. The van der Waals surface area contributed by atoms with Crippen molar-refractivity contribution in [3.8, 4) is 5.75 Å². The second kappa shape index (κ2) is 7.70. The minimum absolute atomic E-state index is 0.0837. The van der Waals surface area contributed by atoms with Crippen LogP contribution in [0.15, 0.2) is 24.3 Å². The van der Waals surface area contributed by atoms with E-state index < -0.39 is 0 Å². The van der Waals surface area contributed by atoms with Crippen LogP contribution < -0.4 is 10.1 Å². The molecule has 1 heterocycles. The molecule has 0 aliphatic rings. The van der Waals surface area contributed by atoms with Crippen LogP contribution in [-0.2, 0) is 0 Å². The van der Waals surface area contributed by atoms with Crippen molar-refractivity contribution in [1.29, 1.82) is 0 Å². The molecule has 0 fully saturated rings. The number of thiophene rings is 1. The van der Waals surface area contributed by atoms with Gasteiger partial charge in [-0.1, -0.05) is 47.8 Å². The van der Waals surface area contributed by atoms with Crippen molar-refractivity contribution >= 4 is 46.1 Å². The number of benzene rings is 1. The molecule has 1 N–H and O–H groups in total. The molecule has 0 saturated heterocycles. The lowest BCUT2D eigenvalue weighted by molar-refractivity contribution is 0.414. The van der Waals surface area contributed by atoms with Gasteiger partial charge in [0.15, 0.2) is 0 Å². The van der Waals surface area contributed by atoms with E-state index >= 15 is 0 Å². The van der Waals surface area contributed by atoms with Gasteiger partial charge in [0.05, 0.1) is 21.8 Å². The first kappa shape index (κ1) is 16.9. The van der Waals surface area contributed by atoms with Crippen molar-refractivity contribution in [1.82, 2.24) is 5.32 Å². The molecule has 1 aromatic carbocycles. The Morgan fingerprint density at radius 1 is 1.19 bits per heavy atom. The van der Waals surface area contributed by atoms with E-state index in [1.807, 2.05) is 18.2 Å². The number of nitrogens with one attached hydrogen (secondary N) is 1. The lowest BCUT2D eigenvalue weighted by atomic mass is 10.0. The Kier molecular flexibility index (Phi) is 6.20. The normalized spacial score (nSPS) is 12.4. The summed E-state index contributed by atoms with van der Waals surface area (Å²) in [6, 6.07) is 7.46. The summed E-state index contributed by atoms with van der Waals surface area (Å²) in [5, 5.41) is 4.11. The summed E-state index contributed by atoms with van der Waals surface area (Å²) in [7, 11) is 1.62. The van der Waals surface area contributed by atoms with Gasteiger partial charge < -0.3 is 10.1 Å². The van der Waals surface area contributed by atoms with Gasteiger partial charge in [-0.15, -0.1) is 11.3 Å². The largest absolute Gasteiger partial charge is 0.497 e. The Bertz CT molecular complexity index is 615. The molecule has 114 valence electrons. The molecule has 2 aromatic rings. The first-order chi connectivity index (χ1) is 10.1. The zero-order valence-corrected chi connectivity index (χ0v) is 14.8. The minimum atomic E-state index is -0.0837. The van der Waals surface area contributed by atoms with Crippen molar-refractivity contribution in [3.05, 3.63) is 49.1 Å².